The molecule has 0 aliphatic carbocycles. The van der Waals surface area contributed by atoms with Crippen LogP contribution in [-0.4, -0.2) is 36.6 Å². The molecule has 3 aromatic carbocycles. The Balaban J connectivity index is 1.11. The lowest BCUT2D eigenvalue weighted by atomic mass is 10.1. The van der Waals surface area contributed by atoms with Gasteiger partial charge in [0.05, 0.1) is 16.7 Å². The van der Waals surface area contributed by atoms with Crippen LogP contribution >= 0.6 is 11.3 Å². The summed E-state index contributed by atoms with van der Waals surface area (Å²) < 4.78 is 28.6. The summed E-state index contributed by atoms with van der Waals surface area (Å²) in [5, 5.41) is 16.4. The Labute approximate surface area is 245 Å². The minimum atomic E-state index is -3.73. The molecule has 0 bridgehead atoms. The third kappa shape index (κ3) is 8.08. The molecule has 0 amide bonds. The van der Waals surface area contributed by atoms with Gasteiger partial charge in [0.15, 0.2) is 0 Å². The third-order valence-electron chi connectivity index (χ3n) is 6.68. The number of thiazole rings is 1. The quantitative estimate of drug-likeness (QED) is 0.154. The molecule has 0 fully saturated rings. The van der Waals surface area contributed by atoms with Crippen LogP contribution in [0.4, 0.5) is 5.69 Å². The van der Waals surface area contributed by atoms with E-state index in [-0.39, 0.29) is 4.90 Å². The molecule has 0 saturated heterocycles. The number of sulfonamides is 1. The Morgan fingerprint density at radius 3 is 2.32 bits per heavy atom. The number of nitrogens with zero attached hydrogens (tertiary/aromatic N) is 2. The average Bonchev–Trinajstić information content (AvgIpc) is 3.49. The summed E-state index contributed by atoms with van der Waals surface area (Å²) in [6.07, 6.45) is 5.27. The van der Waals surface area contributed by atoms with Gasteiger partial charge in [0.25, 0.3) is 10.0 Å². The van der Waals surface area contributed by atoms with Crippen molar-refractivity contribution in [1.82, 2.24) is 15.3 Å². The number of hydrogen-bond acceptors (Lipinski definition) is 7. The van der Waals surface area contributed by atoms with Crippen molar-refractivity contribution < 1.29 is 13.5 Å². The zero-order chi connectivity index (χ0) is 28.5. The number of aromatic nitrogens is 2. The van der Waals surface area contributed by atoms with E-state index in [4.69, 9.17) is 4.98 Å². The Hall–Kier alpha value is -3.89. The number of aliphatic hydroxyl groups excluding tert-OH is 1. The second-order valence-corrected chi connectivity index (χ2v) is 12.3. The maximum atomic E-state index is 13.0. The Morgan fingerprint density at radius 1 is 0.829 bits per heavy atom. The molecule has 41 heavy (non-hydrogen) atoms. The normalized spacial score (nSPS) is 12.2. The van der Waals surface area contributed by atoms with Gasteiger partial charge in [-0.15, -0.1) is 11.3 Å². The highest BCUT2D eigenvalue weighted by Gasteiger charge is 2.15. The molecular weight excluding hydrogens is 553 g/mol. The number of aryl methyl sites for hydroxylation is 2. The molecule has 5 rings (SSSR count). The molecule has 210 valence electrons. The van der Waals surface area contributed by atoms with E-state index in [0.29, 0.717) is 18.8 Å². The summed E-state index contributed by atoms with van der Waals surface area (Å²) in [7, 11) is -3.73. The standard InChI is InChI=1S/C32H32N4O3S2/c37-31(27-7-4-19-33-21-27)22-34-20-18-25-8-13-28(14-9-25)36-41(38,39)30-16-11-26(12-17-30)32-35-29(23-40-32)15-10-24-5-2-1-3-6-24/h1-9,11-14,16-17,19,21,23,31,34,36-37H,10,15,18,20,22H2. The molecule has 2 heterocycles. The zero-order valence-electron chi connectivity index (χ0n) is 22.5. The molecule has 7 nitrogen and oxygen atoms in total. The molecule has 0 aliphatic rings. The highest BCUT2D eigenvalue weighted by molar-refractivity contribution is 7.92. The van der Waals surface area contributed by atoms with Crippen molar-refractivity contribution >= 4 is 27.0 Å². The molecule has 1 unspecified atom stereocenters. The van der Waals surface area contributed by atoms with Crippen LogP contribution < -0.4 is 10.0 Å². The van der Waals surface area contributed by atoms with Crippen LogP contribution in [0, 0.1) is 0 Å². The third-order valence-corrected chi connectivity index (χ3v) is 9.02. The molecule has 5 aromatic rings. The van der Waals surface area contributed by atoms with Crippen LogP contribution in [-0.2, 0) is 29.3 Å². The number of anilines is 1. The molecule has 2 aromatic heterocycles. The summed E-state index contributed by atoms with van der Waals surface area (Å²) in [6.45, 7) is 1.11. The lowest BCUT2D eigenvalue weighted by molar-refractivity contribution is 0.174. The van der Waals surface area contributed by atoms with Gasteiger partial charge in [-0.3, -0.25) is 9.71 Å². The van der Waals surface area contributed by atoms with Crippen molar-refractivity contribution in [3.63, 3.8) is 0 Å². The molecule has 0 radical (unpaired) electrons. The first-order valence-electron chi connectivity index (χ1n) is 13.5. The lowest BCUT2D eigenvalue weighted by Gasteiger charge is -2.12. The van der Waals surface area contributed by atoms with E-state index in [2.05, 4.69) is 32.5 Å². The van der Waals surface area contributed by atoms with E-state index in [0.717, 1.165) is 46.7 Å². The Kier molecular flexibility index (Phi) is 9.53. The predicted octanol–water partition coefficient (Wildman–Crippen LogP) is 5.66. The summed E-state index contributed by atoms with van der Waals surface area (Å²) in [4.78, 5) is 8.97. The van der Waals surface area contributed by atoms with Crippen molar-refractivity contribution in [2.75, 3.05) is 17.8 Å². The van der Waals surface area contributed by atoms with E-state index >= 15 is 0 Å². The SMILES string of the molecule is O=S(=O)(Nc1ccc(CCNCC(O)c2cccnc2)cc1)c1ccc(-c2nc(CCc3ccccc3)cs2)cc1. The number of hydrogen-bond donors (Lipinski definition) is 3. The van der Waals surface area contributed by atoms with Crippen molar-refractivity contribution in [2.24, 2.45) is 0 Å². The van der Waals surface area contributed by atoms with Gasteiger partial charge in [-0.05, 0) is 67.3 Å². The van der Waals surface area contributed by atoms with Crippen molar-refractivity contribution in [1.29, 1.82) is 0 Å². The highest BCUT2D eigenvalue weighted by Crippen LogP contribution is 2.26. The zero-order valence-corrected chi connectivity index (χ0v) is 24.1. The van der Waals surface area contributed by atoms with Crippen molar-refractivity contribution in [3.8, 4) is 10.6 Å². The Morgan fingerprint density at radius 2 is 1.59 bits per heavy atom. The van der Waals surface area contributed by atoms with Gasteiger partial charge in [-0.1, -0.05) is 60.7 Å². The molecule has 0 aliphatic heterocycles. The summed E-state index contributed by atoms with van der Waals surface area (Å²) in [5.74, 6) is 0. The molecule has 0 spiro atoms. The monoisotopic (exact) mass is 584 g/mol. The van der Waals surface area contributed by atoms with E-state index in [9.17, 15) is 13.5 Å². The van der Waals surface area contributed by atoms with E-state index in [1.807, 2.05) is 36.4 Å². The summed E-state index contributed by atoms with van der Waals surface area (Å²) in [5.41, 5.74) is 5.55. The number of rotatable bonds is 13. The number of benzene rings is 3. The van der Waals surface area contributed by atoms with E-state index in [1.54, 1.807) is 66.2 Å². The van der Waals surface area contributed by atoms with Crippen molar-refractivity contribution in [3.05, 3.63) is 131 Å². The topological polar surface area (TPSA) is 104 Å². The van der Waals surface area contributed by atoms with E-state index < -0.39 is 16.1 Å². The molecular formula is C32H32N4O3S2. The molecule has 3 N–H and O–H groups in total. The maximum Gasteiger partial charge on any atom is 0.261 e. The highest BCUT2D eigenvalue weighted by atomic mass is 32.2. The lowest BCUT2D eigenvalue weighted by Crippen LogP contribution is -2.23. The van der Waals surface area contributed by atoms with Gasteiger partial charge in [0, 0.05) is 41.1 Å². The first kappa shape index (κ1) is 28.6. The maximum absolute atomic E-state index is 13.0. The average molecular weight is 585 g/mol. The molecule has 9 heteroatoms. The van der Waals surface area contributed by atoms with Crippen LogP contribution in [0.2, 0.25) is 0 Å². The number of nitrogens with one attached hydrogen (secondary N) is 2. The Bertz CT molecular complexity index is 1620. The van der Waals surface area contributed by atoms with E-state index in [1.165, 1.54) is 5.56 Å². The van der Waals surface area contributed by atoms with Gasteiger partial charge in [0.1, 0.15) is 5.01 Å². The van der Waals surface area contributed by atoms with Crippen LogP contribution in [0.3, 0.4) is 0 Å². The fourth-order valence-electron chi connectivity index (χ4n) is 4.36. The van der Waals surface area contributed by atoms with Crippen LogP contribution in [0.25, 0.3) is 10.6 Å². The smallest absolute Gasteiger partial charge is 0.261 e. The molecule has 0 saturated carbocycles. The largest absolute Gasteiger partial charge is 0.387 e. The van der Waals surface area contributed by atoms with Gasteiger partial charge in [-0.2, -0.15) is 0 Å². The van der Waals surface area contributed by atoms with Gasteiger partial charge in [-0.25, -0.2) is 13.4 Å². The summed E-state index contributed by atoms with van der Waals surface area (Å²) in [6, 6.07) is 28.1. The molecule has 1 atom stereocenters. The number of aliphatic hydroxyl groups is 1. The second-order valence-electron chi connectivity index (χ2n) is 9.71. The fourth-order valence-corrected chi connectivity index (χ4v) is 6.28. The van der Waals surface area contributed by atoms with Gasteiger partial charge < -0.3 is 10.4 Å². The predicted molar refractivity (Wildman–Crippen MR) is 164 cm³/mol. The number of pyridine rings is 1. The fraction of sp³-hybridized carbons (Fsp3) is 0.188. The first-order chi connectivity index (χ1) is 20.0. The second kappa shape index (κ2) is 13.6. The minimum absolute atomic E-state index is 0.197. The van der Waals surface area contributed by atoms with Crippen molar-refractivity contribution in [2.45, 2.75) is 30.3 Å². The van der Waals surface area contributed by atoms with Gasteiger partial charge in [0.2, 0.25) is 0 Å². The van der Waals surface area contributed by atoms with Crippen LogP contribution in [0.15, 0.2) is 114 Å². The van der Waals surface area contributed by atoms with Crippen LogP contribution in [0.1, 0.15) is 28.5 Å². The first-order valence-corrected chi connectivity index (χ1v) is 15.8. The van der Waals surface area contributed by atoms with Crippen LogP contribution in [0.5, 0.6) is 0 Å². The summed E-state index contributed by atoms with van der Waals surface area (Å²) >= 11 is 1.57. The van der Waals surface area contributed by atoms with Gasteiger partial charge >= 0.3 is 0 Å². The minimum Gasteiger partial charge on any atom is -0.387 e.